The number of anilines is 1. The number of nitrogens with one attached hydrogen (secondary N) is 1. The molecule has 1 atom stereocenters. The van der Waals surface area contributed by atoms with Gasteiger partial charge in [0.25, 0.3) is 0 Å². The molecule has 1 unspecified atom stereocenters. The van der Waals surface area contributed by atoms with Gasteiger partial charge in [0.05, 0.1) is 21.3 Å². The maximum atomic E-state index is 4.48. The van der Waals surface area contributed by atoms with Crippen LogP contribution in [-0.2, 0) is 0 Å². The van der Waals surface area contributed by atoms with Crippen LogP contribution in [0.15, 0.2) is 35.7 Å². The molecule has 2 nitrogen and oxygen atoms in total. The van der Waals surface area contributed by atoms with Crippen molar-refractivity contribution in [3.8, 4) is 0 Å². The summed E-state index contributed by atoms with van der Waals surface area (Å²) in [5, 5.41) is 6.77. The Kier molecular flexibility index (Phi) is 3.06. The summed E-state index contributed by atoms with van der Waals surface area (Å²) in [5.41, 5.74) is 2.25. The van der Waals surface area contributed by atoms with Crippen molar-refractivity contribution < 1.29 is 0 Å². The predicted octanol–water partition coefficient (Wildman–Crippen LogP) is 4.84. The molecule has 0 aliphatic carbocycles. The fourth-order valence-corrected chi connectivity index (χ4v) is 3.59. The molecule has 3 aromatic rings. The van der Waals surface area contributed by atoms with E-state index in [4.69, 9.17) is 0 Å². The van der Waals surface area contributed by atoms with Gasteiger partial charge in [-0.3, -0.25) is 0 Å². The summed E-state index contributed by atoms with van der Waals surface area (Å²) in [6.45, 7) is 4.24. The Morgan fingerprint density at radius 3 is 2.94 bits per heavy atom. The zero-order chi connectivity index (χ0) is 12.5. The maximum absolute atomic E-state index is 4.48. The maximum Gasteiger partial charge on any atom is 0.0907 e. The number of thiazole rings is 1. The molecular formula is C14H14N2S2. The van der Waals surface area contributed by atoms with Gasteiger partial charge in [-0.05, 0) is 43.5 Å². The minimum atomic E-state index is 0.344. The molecule has 0 amide bonds. The molecule has 92 valence electrons. The van der Waals surface area contributed by atoms with E-state index >= 15 is 0 Å². The molecule has 0 radical (unpaired) electrons. The molecule has 2 aromatic heterocycles. The molecule has 1 aromatic carbocycles. The van der Waals surface area contributed by atoms with Gasteiger partial charge in [-0.15, -0.1) is 22.7 Å². The van der Waals surface area contributed by atoms with Gasteiger partial charge in [-0.1, -0.05) is 6.07 Å². The highest BCUT2D eigenvalue weighted by atomic mass is 32.1. The second kappa shape index (κ2) is 4.71. The molecule has 0 fully saturated rings. The summed E-state index contributed by atoms with van der Waals surface area (Å²) in [4.78, 5) is 5.83. The Morgan fingerprint density at radius 2 is 2.17 bits per heavy atom. The fraction of sp³-hybridized carbons (Fsp3) is 0.214. The predicted molar refractivity (Wildman–Crippen MR) is 80.7 cm³/mol. The number of nitrogens with zero attached hydrogens (tertiary/aromatic N) is 1. The first kappa shape index (κ1) is 11.7. The molecule has 18 heavy (non-hydrogen) atoms. The van der Waals surface area contributed by atoms with Crippen molar-refractivity contribution >= 4 is 38.6 Å². The van der Waals surface area contributed by atoms with Gasteiger partial charge in [0.1, 0.15) is 0 Å². The fourth-order valence-electron chi connectivity index (χ4n) is 1.99. The monoisotopic (exact) mass is 274 g/mol. The first-order chi connectivity index (χ1) is 8.72. The molecule has 1 N–H and O–H groups in total. The summed E-state index contributed by atoms with van der Waals surface area (Å²) in [7, 11) is 0. The summed E-state index contributed by atoms with van der Waals surface area (Å²) < 4.78 is 1.25. The van der Waals surface area contributed by atoms with Crippen LogP contribution >= 0.6 is 22.7 Å². The first-order valence-corrected chi connectivity index (χ1v) is 7.59. The van der Waals surface area contributed by atoms with Crippen LogP contribution in [0.4, 0.5) is 5.69 Å². The van der Waals surface area contributed by atoms with E-state index in [0.717, 1.165) is 16.2 Å². The number of aryl methyl sites for hydroxylation is 1. The van der Waals surface area contributed by atoms with Crippen LogP contribution in [0.5, 0.6) is 0 Å². The summed E-state index contributed by atoms with van der Waals surface area (Å²) >= 11 is 3.53. The number of hydrogen-bond acceptors (Lipinski definition) is 4. The molecule has 0 saturated heterocycles. The van der Waals surface area contributed by atoms with E-state index in [-0.39, 0.29) is 0 Å². The van der Waals surface area contributed by atoms with E-state index < -0.39 is 0 Å². The lowest BCUT2D eigenvalue weighted by atomic mass is 10.2. The highest BCUT2D eigenvalue weighted by Gasteiger charge is 2.07. The molecule has 0 aliphatic heterocycles. The van der Waals surface area contributed by atoms with Crippen molar-refractivity contribution in [2.24, 2.45) is 0 Å². The van der Waals surface area contributed by atoms with Gasteiger partial charge in [-0.25, -0.2) is 4.98 Å². The Labute approximate surface area is 114 Å². The van der Waals surface area contributed by atoms with E-state index in [2.05, 4.69) is 52.9 Å². The largest absolute Gasteiger partial charge is 0.378 e. The lowest BCUT2D eigenvalue weighted by molar-refractivity contribution is 0.909. The van der Waals surface area contributed by atoms with Crippen LogP contribution in [0, 0.1) is 6.92 Å². The topological polar surface area (TPSA) is 24.9 Å². The SMILES string of the molecule is Cc1nc2ccc(NC(C)c3cccs3)cc2s1. The Morgan fingerprint density at radius 1 is 1.28 bits per heavy atom. The van der Waals surface area contributed by atoms with Crippen LogP contribution in [0.3, 0.4) is 0 Å². The lowest BCUT2D eigenvalue weighted by Gasteiger charge is -2.13. The molecule has 0 aliphatic rings. The third-order valence-electron chi connectivity index (χ3n) is 2.85. The van der Waals surface area contributed by atoms with E-state index in [1.807, 2.05) is 6.92 Å². The minimum absolute atomic E-state index is 0.344. The first-order valence-electron chi connectivity index (χ1n) is 5.89. The number of rotatable bonds is 3. The van der Waals surface area contributed by atoms with Crippen molar-refractivity contribution in [3.05, 3.63) is 45.6 Å². The van der Waals surface area contributed by atoms with Crippen LogP contribution in [0.1, 0.15) is 22.9 Å². The van der Waals surface area contributed by atoms with Gasteiger partial charge in [0, 0.05) is 10.6 Å². The Bertz CT molecular complexity index is 656. The van der Waals surface area contributed by atoms with Crippen molar-refractivity contribution in [2.75, 3.05) is 5.32 Å². The number of thiophene rings is 1. The number of hydrogen-bond donors (Lipinski definition) is 1. The van der Waals surface area contributed by atoms with Crippen molar-refractivity contribution in [1.29, 1.82) is 0 Å². The molecule has 3 rings (SSSR count). The standard InChI is InChI=1S/C14H14N2S2/c1-9(13-4-3-7-17-13)15-11-5-6-12-14(8-11)18-10(2)16-12/h3-9,15H,1-2H3. The molecule has 0 bridgehead atoms. The van der Waals surface area contributed by atoms with Gasteiger partial charge in [0.2, 0.25) is 0 Å². The van der Waals surface area contributed by atoms with Crippen molar-refractivity contribution in [1.82, 2.24) is 4.98 Å². The molecular weight excluding hydrogens is 260 g/mol. The Hall–Kier alpha value is -1.39. The van der Waals surface area contributed by atoms with Gasteiger partial charge >= 0.3 is 0 Å². The highest BCUT2D eigenvalue weighted by molar-refractivity contribution is 7.18. The second-order valence-electron chi connectivity index (χ2n) is 4.30. The van der Waals surface area contributed by atoms with E-state index in [1.165, 1.54) is 9.58 Å². The number of fused-ring (bicyclic) bond motifs is 1. The number of aromatic nitrogens is 1. The van der Waals surface area contributed by atoms with Crippen molar-refractivity contribution in [3.63, 3.8) is 0 Å². The molecule has 0 spiro atoms. The molecule has 4 heteroatoms. The van der Waals surface area contributed by atoms with Gasteiger partial charge < -0.3 is 5.32 Å². The Balaban J connectivity index is 1.86. The molecule has 0 saturated carbocycles. The van der Waals surface area contributed by atoms with Crippen LogP contribution in [0.2, 0.25) is 0 Å². The minimum Gasteiger partial charge on any atom is -0.378 e. The van der Waals surface area contributed by atoms with Crippen LogP contribution in [-0.4, -0.2) is 4.98 Å². The lowest BCUT2D eigenvalue weighted by Crippen LogP contribution is -2.04. The third-order valence-corrected chi connectivity index (χ3v) is 4.84. The summed E-state index contributed by atoms with van der Waals surface area (Å²) in [5.74, 6) is 0. The smallest absolute Gasteiger partial charge is 0.0907 e. The number of benzene rings is 1. The average Bonchev–Trinajstić information content (AvgIpc) is 2.95. The second-order valence-corrected chi connectivity index (χ2v) is 6.51. The van der Waals surface area contributed by atoms with Gasteiger partial charge in [0.15, 0.2) is 0 Å². The third kappa shape index (κ3) is 2.26. The highest BCUT2D eigenvalue weighted by Crippen LogP contribution is 2.28. The quantitative estimate of drug-likeness (QED) is 0.739. The zero-order valence-electron chi connectivity index (χ0n) is 10.3. The van der Waals surface area contributed by atoms with E-state index in [1.54, 1.807) is 22.7 Å². The van der Waals surface area contributed by atoms with Gasteiger partial charge in [-0.2, -0.15) is 0 Å². The van der Waals surface area contributed by atoms with E-state index in [9.17, 15) is 0 Å². The zero-order valence-corrected chi connectivity index (χ0v) is 11.9. The van der Waals surface area contributed by atoms with E-state index in [0.29, 0.717) is 6.04 Å². The summed E-state index contributed by atoms with van der Waals surface area (Å²) in [6.07, 6.45) is 0. The average molecular weight is 274 g/mol. The van der Waals surface area contributed by atoms with Crippen molar-refractivity contribution in [2.45, 2.75) is 19.9 Å². The molecule has 2 heterocycles. The summed E-state index contributed by atoms with van der Waals surface area (Å²) in [6, 6.07) is 11.0. The normalized spacial score (nSPS) is 12.8. The van der Waals surface area contributed by atoms with Crippen LogP contribution in [0.25, 0.3) is 10.2 Å². The van der Waals surface area contributed by atoms with Crippen LogP contribution < -0.4 is 5.32 Å².